The normalized spacial score (nSPS) is 11.7. The van der Waals surface area contributed by atoms with Crippen molar-refractivity contribution < 1.29 is 35.5 Å². The van der Waals surface area contributed by atoms with Crippen molar-refractivity contribution >= 4 is 50.5 Å². The molecule has 0 atom stereocenters. The molecule has 180 valence electrons. The molecule has 0 aliphatic rings. The molecule has 0 aromatic heterocycles. The second-order valence-electron chi connectivity index (χ2n) is 6.74. The number of benzene rings is 3. The minimum absolute atomic E-state index is 0.0213. The third-order valence-corrected chi connectivity index (χ3v) is 6.18. The van der Waals surface area contributed by atoms with E-state index in [1.165, 1.54) is 24.3 Å². The summed E-state index contributed by atoms with van der Waals surface area (Å²) >= 11 is 11.7. The smallest absolute Gasteiger partial charge is 0.416 e. The van der Waals surface area contributed by atoms with Gasteiger partial charge in [0.25, 0.3) is 15.9 Å². The van der Waals surface area contributed by atoms with Gasteiger partial charge in [-0.25, -0.2) is 12.8 Å². The summed E-state index contributed by atoms with van der Waals surface area (Å²) in [5.74, 6) is -1.30. The van der Waals surface area contributed by atoms with Crippen molar-refractivity contribution in [1.82, 2.24) is 0 Å². The van der Waals surface area contributed by atoms with Crippen LogP contribution in [0.25, 0.3) is 0 Å². The summed E-state index contributed by atoms with van der Waals surface area (Å²) < 4.78 is 84.2. The Morgan fingerprint density at radius 3 is 2.32 bits per heavy atom. The highest BCUT2D eigenvalue weighted by atomic mass is 35.5. The highest BCUT2D eigenvalue weighted by Crippen LogP contribution is 2.32. The molecule has 13 heteroatoms. The van der Waals surface area contributed by atoms with Gasteiger partial charge in [0.2, 0.25) is 0 Å². The average molecular weight is 537 g/mol. The lowest BCUT2D eigenvalue weighted by molar-refractivity contribution is -0.137. The third-order valence-electron chi connectivity index (χ3n) is 4.22. The topological polar surface area (TPSA) is 84.5 Å². The Balaban J connectivity index is 1.67. The van der Waals surface area contributed by atoms with Crippen molar-refractivity contribution in [2.24, 2.45) is 0 Å². The van der Waals surface area contributed by atoms with E-state index in [0.29, 0.717) is 6.07 Å². The Morgan fingerprint density at radius 1 is 0.941 bits per heavy atom. The van der Waals surface area contributed by atoms with E-state index in [0.717, 1.165) is 30.3 Å². The van der Waals surface area contributed by atoms with Gasteiger partial charge in [0.15, 0.2) is 6.61 Å². The number of hydrogen-bond acceptors (Lipinski definition) is 4. The van der Waals surface area contributed by atoms with Crippen LogP contribution in [0.1, 0.15) is 5.56 Å². The summed E-state index contributed by atoms with van der Waals surface area (Å²) in [5.41, 5.74) is -1.08. The number of ether oxygens (including phenoxy) is 1. The fraction of sp³-hybridized carbons (Fsp3) is 0.0952. The number of amides is 1. The molecule has 1 amide bonds. The van der Waals surface area contributed by atoms with Gasteiger partial charge in [0.05, 0.1) is 20.5 Å². The minimum Gasteiger partial charge on any atom is -0.482 e. The van der Waals surface area contributed by atoms with Crippen molar-refractivity contribution in [1.29, 1.82) is 0 Å². The first kappa shape index (κ1) is 25.6. The lowest BCUT2D eigenvalue weighted by atomic mass is 10.2. The molecule has 0 saturated heterocycles. The maximum Gasteiger partial charge on any atom is 0.416 e. The van der Waals surface area contributed by atoms with Gasteiger partial charge in [-0.2, -0.15) is 13.2 Å². The van der Waals surface area contributed by atoms with Crippen molar-refractivity contribution in [2.45, 2.75) is 11.1 Å². The van der Waals surface area contributed by atoms with Crippen LogP contribution < -0.4 is 14.8 Å². The van der Waals surface area contributed by atoms with Crippen molar-refractivity contribution in [3.8, 4) is 5.75 Å². The Kier molecular flexibility index (Phi) is 7.59. The Labute approximate surface area is 201 Å². The second-order valence-corrected chi connectivity index (χ2v) is 9.24. The molecular formula is C21H14Cl2F4N2O4S. The van der Waals surface area contributed by atoms with E-state index in [-0.39, 0.29) is 32.1 Å². The molecule has 0 radical (unpaired) electrons. The molecule has 3 aromatic carbocycles. The number of carbonyl (C=O) groups excluding carboxylic acids is 1. The summed E-state index contributed by atoms with van der Waals surface area (Å²) in [7, 11) is -4.27. The van der Waals surface area contributed by atoms with Crippen LogP contribution in [0.4, 0.5) is 28.9 Å². The molecule has 34 heavy (non-hydrogen) atoms. The number of alkyl halides is 3. The molecule has 0 spiro atoms. The highest BCUT2D eigenvalue weighted by Gasteiger charge is 2.30. The first-order valence-corrected chi connectivity index (χ1v) is 11.5. The van der Waals surface area contributed by atoms with Gasteiger partial charge in [-0.1, -0.05) is 29.3 Å². The summed E-state index contributed by atoms with van der Waals surface area (Å²) in [5, 5.41) is 2.09. The number of sulfonamides is 1. The summed E-state index contributed by atoms with van der Waals surface area (Å²) in [4.78, 5) is 11.7. The number of rotatable bonds is 7. The molecule has 3 rings (SSSR count). The van der Waals surface area contributed by atoms with Crippen LogP contribution in [0.5, 0.6) is 5.75 Å². The van der Waals surface area contributed by atoms with Gasteiger partial charge in [0.1, 0.15) is 11.6 Å². The molecule has 0 saturated carbocycles. The average Bonchev–Trinajstić information content (AvgIpc) is 2.74. The first-order valence-electron chi connectivity index (χ1n) is 9.22. The number of nitrogens with one attached hydrogen (secondary N) is 2. The third kappa shape index (κ3) is 6.52. The molecule has 0 unspecified atom stereocenters. The monoisotopic (exact) mass is 536 g/mol. The van der Waals surface area contributed by atoms with Crippen LogP contribution in [-0.2, 0) is 21.0 Å². The van der Waals surface area contributed by atoms with E-state index in [4.69, 9.17) is 27.9 Å². The predicted molar refractivity (Wildman–Crippen MR) is 119 cm³/mol. The zero-order valence-electron chi connectivity index (χ0n) is 16.8. The quantitative estimate of drug-likeness (QED) is 0.364. The van der Waals surface area contributed by atoms with E-state index >= 15 is 0 Å². The van der Waals surface area contributed by atoms with E-state index in [1.54, 1.807) is 0 Å². The van der Waals surface area contributed by atoms with Crippen LogP contribution in [-0.4, -0.2) is 20.9 Å². The Morgan fingerprint density at radius 2 is 1.68 bits per heavy atom. The predicted octanol–water partition coefficient (Wildman–Crippen LogP) is 5.97. The zero-order chi connectivity index (χ0) is 25.1. The largest absolute Gasteiger partial charge is 0.482 e. The molecular weight excluding hydrogens is 523 g/mol. The van der Waals surface area contributed by atoms with Crippen molar-refractivity contribution in [3.05, 3.63) is 82.1 Å². The fourth-order valence-electron chi connectivity index (χ4n) is 2.65. The molecule has 6 nitrogen and oxygen atoms in total. The van der Waals surface area contributed by atoms with E-state index in [9.17, 15) is 30.8 Å². The molecule has 0 fully saturated rings. The number of hydrogen-bond donors (Lipinski definition) is 2. The molecule has 0 heterocycles. The molecule has 2 N–H and O–H groups in total. The van der Waals surface area contributed by atoms with Crippen LogP contribution in [0.3, 0.4) is 0 Å². The maximum absolute atomic E-state index is 13.2. The lowest BCUT2D eigenvalue weighted by Crippen LogP contribution is -2.20. The van der Waals surface area contributed by atoms with Gasteiger partial charge in [-0.05, 0) is 54.6 Å². The van der Waals surface area contributed by atoms with Crippen LogP contribution in [0.15, 0.2) is 65.6 Å². The van der Waals surface area contributed by atoms with Gasteiger partial charge in [-0.15, -0.1) is 0 Å². The van der Waals surface area contributed by atoms with Gasteiger partial charge >= 0.3 is 6.18 Å². The van der Waals surface area contributed by atoms with E-state index < -0.39 is 40.1 Å². The molecule has 0 aliphatic carbocycles. The van der Waals surface area contributed by atoms with Crippen molar-refractivity contribution in [3.63, 3.8) is 0 Å². The second kappa shape index (κ2) is 10.1. The highest BCUT2D eigenvalue weighted by molar-refractivity contribution is 7.92. The zero-order valence-corrected chi connectivity index (χ0v) is 19.1. The van der Waals surface area contributed by atoms with Gasteiger partial charge in [0, 0.05) is 11.4 Å². The minimum atomic E-state index is -4.64. The Hall–Kier alpha value is -3.02. The van der Waals surface area contributed by atoms with Gasteiger partial charge < -0.3 is 10.1 Å². The fourth-order valence-corrected chi connectivity index (χ4v) is 4.21. The van der Waals surface area contributed by atoms with Crippen molar-refractivity contribution in [2.75, 3.05) is 16.6 Å². The summed E-state index contributed by atoms with van der Waals surface area (Å²) in [6, 6.07) is 10.6. The number of carbonyl (C=O) groups is 1. The summed E-state index contributed by atoms with van der Waals surface area (Å²) in [6.45, 7) is -0.511. The Bertz CT molecular complexity index is 1330. The maximum atomic E-state index is 13.2. The van der Waals surface area contributed by atoms with E-state index in [1.807, 2.05) is 0 Å². The first-order chi connectivity index (χ1) is 15.8. The van der Waals surface area contributed by atoms with E-state index in [2.05, 4.69) is 10.0 Å². The van der Waals surface area contributed by atoms with Crippen LogP contribution >= 0.6 is 23.2 Å². The summed E-state index contributed by atoms with van der Waals surface area (Å²) in [6.07, 6.45) is -4.64. The molecule has 3 aromatic rings. The van der Waals surface area contributed by atoms with Crippen LogP contribution in [0, 0.1) is 5.82 Å². The van der Waals surface area contributed by atoms with Gasteiger partial charge in [-0.3, -0.25) is 9.52 Å². The number of anilines is 2. The lowest BCUT2D eigenvalue weighted by Gasteiger charge is -2.13. The SMILES string of the molecule is O=C(COc1ccc(S(=O)(=O)Nc2cccc(C(F)(F)F)c2)cc1Cl)Nc1ccc(F)c(Cl)c1. The molecule has 0 bridgehead atoms. The number of halogens is 6. The molecule has 0 aliphatic heterocycles. The van der Waals surface area contributed by atoms with Crippen LogP contribution in [0.2, 0.25) is 10.0 Å². The standard InChI is InChI=1S/C21H14Cl2F4N2O4S/c22-16-9-13(4-6-18(16)24)28-20(30)11-33-19-7-5-15(10-17(19)23)34(31,32)29-14-3-1-2-12(8-14)21(25,26)27/h1-10,29H,11H2,(H,28,30).